The van der Waals surface area contributed by atoms with Crippen molar-refractivity contribution in [3.8, 4) is 22.7 Å². The smallest absolute Gasteiger partial charge is 0.260 e. The second kappa shape index (κ2) is 8.00. The number of carbonyl (C=O) groups is 1. The van der Waals surface area contributed by atoms with Crippen LogP contribution in [-0.4, -0.2) is 32.2 Å². The maximum Gasteiger partial charge on any atom is 0.260 e. The lowest BCUT2D eigenvalue weighted by molar-refractivity contribution is 0.0713. The zero-order valence-corrected chi connectivity index (χ0v) is 17.5. The van der Waals surface area contributed by atoms with Gasteiger partial charge in [-0.1, -0.05) is 59.2 Å². The third-order valence-electron chi connectivity index (χ3n) is 5.25. The van der Waals surface area contributed by atoms with E-state index < -0.39 is 0 Å². The van der Waals surface area contributed by atoms with Gasteiger partial charge >= 0.3 is 0 Å². The summed E-state index contributed by atoms with van der Waals surface area (Å²) in [6.07, 6.45) is 1.87. The standard InChI is InChI=1S/C23H19ClN4O3/c1-14-20(21(27-31-14)15-7-3-2-4-8-15)23(29)28(16-11-12-16)13-19-25-26-22(30-19)17-9-5-6-10-18(17)24/h2-10,16H,11-13H2,1H3. The van der Waals surface area contributed by atoms with E-state index in [0.717, 1.165) is 18.4 Å². The molecule has 0 saturated heterocycles. The number of halogens is 1. The van der Waals surface area contributed by atoms with Crippen LogP contribution < -0.4 is 0 Å². The summed E-state index contributed by atoms with van der Waals surface area (Å²) in [7, 11) is 0. The first-order valence-corrected chi connectivity index (χ1v) is 10.4. The highest BCUT2D eigenvalue weighted by atomic mass is 35.5. The predicted octanol–water partition coefficient (Wildman–Crippen LogP) is 5.16. The van der Waals surface area contributed by atoms with Crippen molar-refractivity contribution < 1.29 is 13.7 Å². The third-order valence-corrected chi connectivity index (χ3v) is 5.58. The fourth-order valence-corrected chi connectivity index (χ4v) is 3.74. The Morgan fingerprint density at radius 1 is 1.10 bits per heavy atom. The minimum Gasteiger partial charge on any atom is -0.419 e. The number of aromatic nitrogens is 3. The Hall–Kier alpha value is -3.45. The summed E-state index contributed by atoms with van der Waals surface area (Å²) < 4.78 is 11.2. The largest absolute Gasteiger partial charge is 0.419 e. The Morgan fingerprint density at radius 3 is 2.58 bits per heavy atom. The summed E-state index contributed by atoms with van der Waals surface area (Å²) in [4.78, 5) is 15.3. The van der Waals surface area contributed by atoms with Crippen molar-refractivity contribution in [2.45, 2.75) is 32.4 Å². The Labute approximate surface area is 183 Å². The molecule has 156 valence electrons. The number of hydrogen-bond donors (Lipinski definition) is 0. The van der Waals surface area contributed by atoms with Gasteiger partial charge in [0.25, 0.3) is 5.91 Å². The number of benzene rings is 2. The van der Waals surface area contributed by atoms with Gasteiger partial charge in [-0.25, -0.2) is 0 Å². The maximum atomic E-state index is 13.6. The SMILES string of the molecule is Cc1onc(-c2ccccc2)c1C(=O)N(Cc1nnc(-c2ccccc2Cl)o1)C1CC1. The lowest BCUT2D eigenvalue weighted by Crippen LogP contribution is -2.33. The molecule has 0 bridgehead atoms. The molecule has 1 saturated carbocycles. The van der Waals surface area contributed by atoms with E-state index in [2.05, 4.69) is 15.4 Å². The van der Waals surface area contributed by atoms with Crippen LogP contribution in [0.3, 0.4) is 0 Å². The molecule has 8 heteroatoms. The number of aryl methyl sites for hydroxylation is 1. The zero-order valence-electron chi connectivity index (χ0n) is 16.8. The van der Waals surface area contributed by atoms with Gasteiger partial charge < -0.3 is 13.8 Å². The van der Waals surface area contributed by atoms with Crippen molar-refractivity contribution in [1.82, 2.24) is 20.3 Å². The van der Waals surface area contributed by atoms with Crippen molar-refractivity contribution in [2.75, 3.05) is 0 Å². The van der Waals surface area contributed by atoms with E-state index in [-0.39, 0.29) is 18.5 Å². The molecule has 0 atom stereocenters. The molecule has 2 heterocycles. The summed E-state index contributed by atoms with van der Waals surface area (Å²) in [5, 5.41) is 12.9. The fourth-order valence-electron chi connectivity index (χ4n) is 3.52. The zero-order chi connectivity index (χ0) is 21.4. The normalized spacial score (nSPS) is 13.4. The Morgan fingerprint density at radius 2 is 1.84 bits per heavy atom. The first kappa shape index (κ1) is 19.5. The van der Waals surface area contributed by atoms with Gasteiger partial charge in [-0.15, -0.1) is 10.2 Å². The van der Waals surface area contributed by atoms with Crippen LogP contribution in [0.2, 0.25) is 5.02 Å². The topological polar surface area (TPSA) is 85.3 Å². The van der Waals surface area contributed by atoms with Crippen LogP contribution >= 0.6 is 11.6 Å². The van der Waals surface area contributed by atoms with E-state index in [9.17, 15) is 4.79 Å². The van der Waals surface area contributed by atoms with Crippen LogP contribution in [0.1, 0.15) is 34.9 Å². The molecule has 31 heavy (non-hydrogen) atoms. The summed E-state index contributed by atoms with van der Waals surface area (Å²) in [6.45, 7) is 1.96. The first-order valence-electron chi connectivity index (χ1n) is 10.0. The van der Waals surface area contributed by atoms with Gasteiger partial charge in [-0.3, -0.25) is 4.79 Å². The molecular formula is C23H19ClN4O3. The molecule has 1 fully saturated rings. The minimum atomic E-state index is -0.155. The van der Waals surface area contributed by atoms with E-state index in [1.807, 2.05) is 48.5 Å². The Bertz CT molecular complexity index is 1230. The molecule has 0 radical (unpaired) electrons. The molecule has 4 aromatic rings. The summed E-state index contributed by atoms with van der Waals surface area (Å²) in [5.41, 5.74) is 2.49. The van der Waals surface area contributed by atoms with Crippen molar-refractivity contribution >= 4 is 17.5 Å². The average Bonchev–Trinajstić information content (AvgIpc) is 3.40. The van der Waals surface area contributed by atoms with Crippen molar-refractivity contribution in [3.63, 3.8) is 0 Å². The van der Waals surface area contributed by atoms with Crippen LogP contribution in [0.4, 0.5) is 0 Å². The lowest BCUT2D eigenvalue weighted by Gasteiger charge is -2.20. The fraction of sp³-hybridized carbons (Fsp3) is 0.217. The molecule has 0 spiro atoms. The molecule has 1 aliphatic rings. The molecule has 1 aliphatic carbocycles. The number of carbonyl (C=O) groups excluding carboxylic acids is 1. The molecule has 0 unspecified atom stereocenters. The molecular weight excluding hydrogens is 416 g/mol. The quantitative estimate of drug-likeness (QED) is 0.416. The summed E-state index contributed by atoms with van der Waals surface area (Å²) in [5.74, 6) is 1.01. The van der Waals surface area contributed by atoms with E-state index in [0.29, 0.717) is 39.4 Å². The van der Waals surface area contributed by atoms with Crippen LogP contribution in [0, 0.1) is 6.92 Å². The molecule has 0 N–H and O–H groups in total. The van der Waals surface area contributed by atoms with Gasteiger partial charge in [0, 0.05) is 11.6 Å². The van der Waals surface area contributed by atoms with E-state index in [4.69, 9.17) is 20.5 Å². The lowest BCUT2D eigenvalue weighted by atomic mass is 10.1. The van der Waals surface area contributed by atoms with Gasteiger partial charge in [0.2, 0.25) is 11.8 Å². The second-order valence-electron chi connectivity index (χ2n) is 7.47. The minimum absolute atomic E-state index is 0.126. The maximum absolute atomic E-state index is 13.6. The van der Waals surface area contributed by atoms with Gasteiger partial charge in [-0.2, -0.15) is 0 Å². The highest BCUT2D eigenvalue weighted by Gasteiger charge is 2.37. The molecule has 2 aromatic carbocycles. The number of hydrogen-bond acceptors (Lipinski definition) is 6. The predicted molar refractivity (Wildman–Crippen MR) is 114 cm³/mol. The average molecular weight is 435 g/mol. The van der Waals surface area contributed by atoms with Crippen LogP contribution in [-0.2, 0) is 6.54 Å². The van der Waals surface area contributed by atoms with Gasteiger partial charge in [0.15, 0.2) is 0 Å². The van der Waals surface area contributed by atoms with E-state index >= 15 is 0 Å². The van der Waals surface area contributed by atoms with Crippen LogP contribution in [0.25, 0.3) is 22.7 Å². The third kappa shape index (κ3) is 3.84. The van der Waals surface area contributed by atoms with Gasteiger partial charge in [0.1, 0.15) is 17.0 Å². The highest BCUT2D eigenvalue weighted by molar-refractivity contribution is 6.33. The van der Waals surface area contributed by atoms with E-state index in [1.165, 1.54) is 0 Å². The number of amides is 1. The van der Waals surface area contributed by atoms with Crippen molar-refractivity contribution in [1.29, 1.82) is 0 Å². The first-order chi connectivity index (χ1) is 15.1. The molecule has 2 aromatic heterocycles. The van der Waals surface area contributed by atoms with Crippen molar-refractivity contribution in [2.24, 2.45) is 0 Å². The Balaban J connectivity index is 1.44. The number of nitrogens with zero attached hydrogens (tertiary/aromatic N) is 4. The van der Waals surface area contributed by atoms with Gasteiger partial charge in [0.05, 0.1) is 17.1 Å². The molecule has 1 amide bonds. The van der Waals surface area contributed by atoms with Crippen LogP contribution in [0.5, 0.6) is 0 Å². The second-order valence-corrected chi connectivity index (χ2v) is 7.88. The summed E-state index contributed by atoms with van der Waals surface area (Å²) >= 11 is 6.24. The highest BCUT2D eigenvalue weighted by Crippen LogP contribution is 2.34. The van der Waals surface area contributed by atoms with Gasteiger partial charge in [-0.05, 0) is 31.9 Å². The molecule has 0 aliphatic heterocycles. The monoisotopic (exact) mass is 434 g/mol. The Kier molecular flexibility index (Phi) is 5.03. The summed E-state index contributed by atoms with van der Waals surface area (Å²) in [6, 6.07) is 16.9. The molecule has 7 nitrogen and oxygen atoms in total. The number of rotatable bonds is 6. The molecule has 5 rings (SSSR count). The van der Waals surface area contributed by atoms with Crippen LogP contribution in [0.15, 0.2) is 63.5 Å². The van der Waals surface area contributed by atoms with Crippen molar-refractivity contribution in [3.05, 3.63) is 76.8 Å². The van der Waals surface area contributed by atoms with E-state index in [1.54, 1.807) is 17.9 Å².